The molecule has 0 amide bonds. The fourth-order valence-corrected chi connectivity index (χ4v) is 3.27. The molecule has 152 valence electrons. The standard InChI is InChI=1S/C23H24F2N2O2/c1-5-27(6-2)21-12-16(26-20-14-19(25)18(24)13-17(20)21)9-7-15-8-10-22(28-3)23(11-15)29-4/h7-14H,5-6H2,1-4H3/b9-7+. The fraction of sp³-hybridized carbons (Fsp3) is 0.261. The maximum atomic E-state index is 13.8. The summed E-state index contributed by atoms with van der Waals surface area (Å²) in [4.78, 5) is 6.60. The number of ether oxygens (including phenoxy) is 2. The van der Waals surface area contributed by atoms with E-state index in [1.54, 1.807) is 14.2 Å². The SMILES string of the molecule is CCN(CC)c1cc(/C=C/c2ccc(OC)c(OC)c2)nc2cc(F)c(F)cc12. The Morgan fingerprint density at radius 2 is 1.59 bits per heavy atom. The molecule has 29 heavy (non-hydrogen) atoms. The van der Waals surface area contributed by atoms with Crippen LogP contribution in [0.4, 0.5) is 14.5 Å². The number of pyridine rings is 1. The van der Waals surface area contributed by atoms with E-state index < -0.39 is 11.6 Å². The van der Waals surface area contributed by atoms with E-state index in [1.807, 2.05) is 50.3 Å². The van der Waals surface area contributed by atoms with E-state index in [2.05, 4.69) is 9.88 Å². The molecule has 0 fully saturated rings. The molecule has 0 radical (unpaired) electrons. The normalized spacial score (nSPS) is 11.2. The number of fused-ring (bicyclic) bond motifs is 1. The molecular weight excluding hydrogens is 374 g/mol. The van der Waals surface area contributed by atoms with Gasteiger partial charge in [-0.3, -0.25) is 0 Å². The van der Waals surface area contributed by atoms with Gasteiger partial charge in [0.15, 0.2) is 23.1 Å². The average Bonchev–Trinajstić information content (AvgIpc) is 2.74. The van der Waals surface area contributed by atoms with Crippen LogP contribution in [0.15, 0.2) is 36.4 Å². The van der Waals surface area contributed by atoms with Crippen molar-refractivity contribution in [2.24, 2.45) is 0 Å². The van der Waals surface area contributed by atoms with Crippen LogP contribution in [0.2, 0.25) is 0 Å². The van der Waals surface area contributed by atoms with Gasteiger partial charge >= 0.3 is 0 Å². The molecule has 4 nitrogen and oxygen atoms in total. The molecular formula is C23H24F2N2O2. The molecule has 0 N–H and O–H groups in total. The first-order valence-corrected chi connectivity index (χ1v) is 9.45. The van der Waals surface area contributed by atoms with Crippen LogP contribution in [0.1, 0.15) is 25.1 Å². The third-order valence-corrected chi connectivity index (χ3v) is 4.81. The van der Waals surface area contributed by atoms with Crippen molar-refractivity contribution >= 4 is 28.7 Å². The smallest absolute Gasteiger partial charge is 0.161 e. The monoisotopic (exact) mass is 398 g/mol. The Labute approximate surface area is 169 Å². The van der Waals surface area contributed by atoms with Gasteiger partial charge in [-0.05, 0) is 49.8 Å². The highest BCUT2D eigenvalue weighted by Crippen LogP contribution is 2.31. The molecule has 3 rings (SSSR count). The lowest BCUT2D eigenvalue weighted by Crippen LogP contribution is -2.22. The second kappa shape index (κ2) is 8.90. The average molecular weight is 398 g/mol. The zero-order chi connectivity index (χ0) is 21.0. The summed E-state index contributed by atoms with van der Waals surface area (Å²) in [5.74, 6) is -0.504. The summed E-state index contributed by atoms with van der Waals surface area (Å²) in [6.45, 7) is 5.53. The topological polar surface area (TPSA) is 34.6 Å². The lowest BCUT2D eigenvalue weighted by Gasteiger charge is -2.23. The zero-order valence-electron chi connectivity index (χ0n) is 17.0. The largest absolute Gasteiger partial charge is 0.493 e. The van der Waals surface area contributed by atoms with Gasteiger partial charge in [-0.25, -0.2) is 13.8 Å². The highest BCUT2D eigenvalue weighted by molar-refractivity contribution is 5.93. The number of hydrogen-bond donors (Lipinski definition) is 0. The molecule has 0 atom stereocenters. The second-order valence-electron chi connectivity index (χ2n) is 6.47. The van der Waals surface area contributed by atoms with Crippen molar-refractivity contribution in [2.75, 3.05) is 32.2 Å². The number of hydrogen-bond acceptors (Lipinski definition) is 4. The first-order chi connectivity index (χ1) is 14.0. The number of aromatic nitrogens is 1. The van der Waals surface area contributed by atoms with E-state index in [0.29, 0.717) is 28.1 Å². The van der Waals surface area contributed by atoms with Gasteiger partial charge < -0.3 is 14.4 Å². The van der Waals surface area contributed by atoms with Gasteiger partial charge in [0.25, 0.3) is 0 Å². The molecule has 0 saturated heterocycles. The summed E-state index contributed by atoms with van der Waals surface area (Å²) in [6, 6.07) is 9.84. The van der Waals surface area contributed by atoms with Crippen LogP contribution in [0.5, 0.6) is 11.5 Å². The molecule has 1 heterocycles. The molecule has 0 bridgehead atoms. The molecule has 0 aliphatic rings. The molecule has 1 aromatic heterocycles. The van der Waals surface area contributed by atoms with Crippen molar-refractivity contribution < 1.29 is 18.3 Å². The fourth-order valence-electron chi connectivity index (χ4n) is 3.27. The van der Waals surface area contributed by atoms with Crippen molar-refractivity contribution in [3.05, 3.63) is 59.3 Å². The molecule has 0 spiro atoms. The van der Waals surface area contributed by atoms with Gasteiger partial charge in [0.05, 0.1) is 25.4 Å². The summed E-state index contributed by atoms with van der Waals surface area (Å²) in [5, 5.41) is 0.593. The minimum Gasteiger partial charge on any atom is -0.493 e. The maximum Gasteiger partial charge on any atom is 0.161 e. The van der Waals surface area contributed by atoms with Crippen molar-refractivity contribution in [1.82, 2.24) is 4.98 Å². The molecule has 0 aliphatic heterocycles. The Hall–Kier alpha value is -3.15. The van der Waals surface area contributed by atoms with E-state index in [4.69, 9.17) is 9.47 Å². The number of anilines is 1. The Kier molecular flexibility index (Phi) is 6.32. The molecule has 0 aliphatic carbocycles. The van der Waals surface area contributed by atoms with E-state index in [1.165, 1.54) is 6.07 Å². The summed E-state index contributed by atoms with van der Waals surface area (Å²) in [5.41, 5.74) is 2.80. The van der Waals surface area contributed by atoms with E-state index in [9.17, 15) is 8.78 Å². The Bertz CT molecular complexity index is 1050. The van der Waals surface area contributed by atoms with Crippen LogP contribution in [-0.4, -0.2) is 32.3 Å². The van der Waals surface area contributed by atoms with Gasteiger partial charge in [0, 0.05) is 30.2 Å². The molecule has 3 aromatic rings. The summed E-state index contributed by atoms with van der Waals surface area (Å²) in [7, 11) is 3.17. The highest BCUT2D eigenvalue weighted by atomic mass is 19.2. The highest BCUT2D eigenvalue weighted by Gasteiger charge is 2.13. The first-order valence-electron chi connectivity index (χ1n) is 9.45. The Morgan fingerprint density at radius 1 is 0.897 bits per heavy atom. The molecule has 0 unspecified atom stereocenters. The summed E-state index contributed by atoms with van der Waals surface area (Å²) in [6.07, 6.45) is 3.73. The number of nitrogens with zero attached hydrogens (tertiary/aromatic N) is 2. The van der Waals surface area contributed by atoms with Crippen molar-refractivity contribution in [3.63, 3.8) is 0 Å². The van der Waals surface area contributed by atoms with Gasteiger partial charge in [0.2, 0.25) is 0 Å². The third kappa shape index (κ3) is 4.31. The Balaban J connectivity index is 2.07. The van der Waals surface area contributed by atoms with Crippen molar-refractivity contribution in [1.29, 1.82) is 0 Å². The molecule has 0 saturated carbocycles. The van der Waals surface area contributed by atoms with Crippen molar-refractivity contribution in [3.8, 4) is 11.5 Å². The van der Waals surface area contributed by atoms with Crippen LogP contribution < -0.4 is 14.4 Å². The van der Waals surface area contributed by atoms with Gasteiger partial charge in [0.1, 0.15) is 0 Å². The lowest BCUT2D eigenvalue weighted by atomic mass is 10.1. The summed E-state index contributed by atoms with van der Waals surface area (Å²) < 4.78 is 38.2. The van der Waals surface area contributed by atoms with Gasteiger partial charge in [-0.2, -0.15) is 0 Å². The maximum absolute atomic E-state index is 13.8. The molecule has 2 aromatic carbocycles. The zero-order valence-corrected chi connectivity index (χ0v) is 17.0. The minimum absolute atomic E-state index is 0.417. The van der Waals surface area contributed by atoms with E-state index in [-0.39, 0.29) is 0 Å². The lowest BCUT2D eigenvalue weighted by molar-refractivity contribution is 0.355. The van der Waals surface area contributed by atoms with Gasteiger partial charge in [-0.1, -0.05) is 12.1 Å². The van der Waals surface area contributed by atoms with Crippen LogP contribution in [-0.2, 0) is 0 Å². The van der Waals surface area contributed by atoms with Crippen LogP contribution >= 0.6 is 0 Å². The number of halogens is 2. The second-order valence-corrected chi connectivity index (χ2v) is 6.47. The van der Waals surface area contributed by atoms with Crippen LogP contribution in [0, 0.1) is 11.6 Å². The number of methoxy groups -OCH3 is 2. The van der Waals surface area contributed by atoms with E-state index >= 15 is 0 Å². The third-order valence-electron chi connectivity index (χ3n) is 4.81. The number of benzene rings is 2. The molecule has 6 heteroatoms. The van der Waals surface area contributed by atoms with Crippen LogP contribution in [0.25, 0.3) is 23.1 Å². The quantitative estimate of drug-likeness (QED) is 0.523. The first kappa shape index (κ1) is 20.6. The van der Waals surface area contributed by atoms with Crippen molar-refractivity contribution in [2.45, 2.75) is 13.8 Å². The summed E-state index contributed by atoms with van der Waals surface area (Å²) >= 11 is 0. The van der Waals surface area contributed by atoms with Gasteiger partial charge in [-0.15, -0.1) is 0 Å². The number of rotatable bonds is 7. The minimum atomic E-state index is -0.906. The van der Waals surface area contributed by atoms with Crippen LogP contribution in [0.3, 0.4) is 0 Å². The van der Waals surface area contributed by atoms with E-state index in [0.717, 1.165) is 30.4 Å². The Morgan fingerprint density at radius 3 is 2.24 bits per heavy atom. The predicted molar refractivity (Wildman–Crippen MR) is 114 cm³/mol. The predicted octanol–water partition coefficient (Wildman–Crippen LogP) is 5.55.